The van der Waals surface area contributed by atoms with Crippen LogP contribution in [0.4, 0.5) is 19.0 Å². The molecule has 146 valence electrons. The van der Waals surface area contributed by atoms with Crippen LogP contribution in [0.15, 0.2) is 42.5 Å². The highest BCUT2D eigenvalue weighted by molar-refractivity contribution is 5.78. The summed E-state index contributed by atoms with van der Waals surface area (Å²) in [6, 6.07) is 10.7. The molecule has 0 bridgehead atoms. The Labute approximate surface area is 159 Å². The van der Waals surface area contributed by atoms with Gasteiger partial charge in [0, 0.05) is 17.7 Å². The first kappa shape index (κ1) is 18.2. The molecule has 1 aromatic heterocycles. The maximum Gasteiger partial charge on any atom is 0.418 e. The molecule has 0 fully saturated rings. The minimum absolute atomic E-state index is 0.0197. The number of alkyl halides is 3. The van der Waals surface area contributed by atoms with E-state index in [0.717, 1.165) is 11.6 Å². The molecular formula is C20H18F3N3O2. The van der Waals surface area contributed by atoms with Crippen molar-refractivity contribution in [2.75, 3.05) is 26.1 Å². The van der Waals surface area contributed by atoms with E-state index in [1.165, 1.54) is 16.8 Å². The first-order valence-corrected chi connectivity index (χ1v) is 8.69. The van der Waals surface area contributed by atoms with Gasteiger partial charge in [0.1, 0.15) is 23.0 Å². The van der Waals surface area contributed by atoms with Crippen molar-refractivity contribution in [1.82, 2.24) is 9.78 Å². The van der Waals surface area contributed by atoms with Crippen LogP contribution in [-0.4, -0.2) is 30.5 Å². The van der Waals surface area contributed by atoms with E-state index in [4.69, 9.17) is 9.47 Å². The number of nitrogens with one attached hydrogen (secondary N) is 1. The highest BCUT2D eigenvalue weighted by atomic mass is 19.4. The second-order valence-electron chi connectivity index (χ2n) is 6.35. The SMILES string of the molecule is COc1ccc(OC)c(-c2nn(-c3ccccc3C(F)(F)F)c3c2CCN3)c1. The van der Waals surface area contributed by atoms with Gasteiger partial charge in [-0.1, -0.05) is 12.1 Å². The molecule has 0 saturated carbocycles. The Bertz CT molecular complexity index is 1030. The maximum atomic E-state index is 13.5. The van der Waals surface area contributed by atoms with Gasteiger partial charge < -0.3 is 14.8 Å². The number of fused-ring (bicyclic) bond motifs is 1. The summed E-state index contributed by atoms with van der Waals surface area (Å²) in [7, 11) is 3.09. The maximum absolute atomic E-state index is 13.5. The molecule has 2 heterocycles. The number of para-hydroxylation sites is 1. The average Bonchev–Trinajstić information content (AvgIpc) is 3.29. The Balaban J connectivity index is 1.95. The number of methoxy groups -OCH3 is 2. The molecule has 28 heavy (non-hydrogen) atoms. The molecule has 1 aliphatic heterocycles. The van der Waals surface area contributed by atoms with Gasteiger partial charge >= 0.3 is 6.18 Å². The first-order valence-electron chi connectivity index (χ1n) is 8.69. The van der Waals surface area contributed by atoms with Gasteiger partial charge in [-0.25, -0.2) is 4.68 Å². The largest absolute Gasteiger partial charge is 0.497 e. The Morgan fingerprint density at radius 3 is 2.57 bits per heavy atom. The van der Waals surface area contributed by atoms with Gasteiger partial charge in [0.25, 0.3) is 0 Å². The fraction of sp³-hybridized carbons (Fsp3) is 0.250. The highest BCUT2D eigenvalue weighted by Crippen LogP contribution is 2.42. The van der Waals surface area contributed by atoms with E-state index < -0.39 is 11.7 Å². The zero-order valence-electron chi connectivity index (χ0n) is 15.3. The molecule has 0 atom stereocenters. The van der Waals surface area contributed by atoms with Crippen LogP contribution in [0.3, 0.4) is 0 Å². The van der Waals surface area contributed by atoms with Gasteiger partial charge in [0.15, 0.2) is 0 Å². The lowest BCUT2D eigenvalue weighted by Crippen LogP contribution is -2.13. The van der Waals surface area contributed by atoms with Crippen molar-refractivity contribution in [3.05, 3.63) is 53.6 Å². The summed E-state index contributed by atoms with van der Waals surface area (Å²) in [6.07, 6.45) is -3.83. The summed E-state index contributed by atoms with van der Waals surface area (Å²) in [5, 5.41) is 7.71. The zero-order chi connectivity index (χ0) is 19.9. The molecule has 0 saturated heterocycles. The van der Waals surface area contributed by atoms with E-state index >= 15 is 0 Å². The lowest BCUT2D eigenvalue weighted by molar-refractivity contribution is -0.137. The topological polar surface area (TPSA) is 48.3 Å². The van der Waals surface area contributed by atoms with Crippen LogP contribution in [0.25, 0.3) is 16.9 Å². The number of aromatic nitrogens is 2. The van der Waals surface area contributed by atoms with Crippen LogP contribution in [0.2, 0.25) is 0 Å². The lowest BCUT2D eigenvalue weighted by Gasteiger charge is -2.14. The number of hydrogen-bond donors (Lipinski definition) is 1. The van der Waals surface area contributed by atoms with E-state index in [0.29, 0.717) is 41.5 Å². The van der Waals surface area contributed by atoms with Crippen molar-refractivity contribution >= 4 is 5.82 Å². The fourth-order valence-corrected chi connectivity index (χ4v) is 3.46. The third-order valence-electron chi connectivity index (χ3n) is 4.75. The standard InChI is InChI=1S/C20H18F3N3O2/c1-27-12-7-8-17(28-2)14(11-12)18-13-9-10-24-19(13)26(25-18)16-6-4-3-5-15(16)20(21,22)23/h3-8,11,24H,9-10H2,1-2H3. The number of rotatable bonds is 4. The van der Waals surface area contributed by atoms with Gasteiger partial charge in [-0.15, -0.1) is 0 Å². The molecule has 2 aromatic carbocycles. The molecule has 5 nitrogen and oxygen atoms in total. The minimum atomic E-state index is -4.48. The minimum Gasteiger partial charge on any atom is -0.497 e. The van der Waals surface area contributed by atoms with Crippen molar-refractivity contribution in [3.63, 3.8) is 0 Å². The normalized spacial score (nSPS) is 13.2. The molecule has 1 N–H and O–H groups in total. The predicted octanol–water partition coefficient (Wildman–Crippen LogP) is 4.54. The number of hydrogen-bond acceptors (Lipinski definition) is 4. The molecule has 0 aliphatic carbocycles. The van der Waals surface area contributed by atoms with Crippen molar-refractivity contribution in [1.29, 1.82) is 0 Å². The van der Waals surface area contributed by atoms with Crippen LogP contribution in [0.5, 0.6) is 11.5 Å². The van der Waals surface area contributed by atoms with Gasteiger partial charge in [-0.2, -0.15) is 18.3 Å². The van der Waals surface area contributed by atoms with E-state index in [2.05, 4.69) is 10.4 Å². The van der Waals surface area contributed by atoms with Gasteiger partial charge in [0.2, 0.25) is 0 Å². The van der Waals surface area contributed by atoms with Crippen molar-refractivity contribution in [2.24, 2.45) is 0 Å². The lowest BCUT2D eigenvalue weighted by atomic mass is 10.1. The average molecular weight is 389 g/mol. The molecule has 0 radical (unpaired) electrons. The highest BCUT2D eigenvalue weighted by Gasteiger charge is 2.35. The first-order chi connectivity index (χ1) is 13.4. The van der Waals surface area contributed by atoms with Crippen LogP contribution < -0.4 is 14.8 Å². The van der Waals surface area contributed by atoms with Crippen molar-refractivity contribution in [3.8, 4) is 28.4 Å². The molecule has 4 rings (SSSR count). The second-order valence-corrected chi connectivity index (χ2v) is 6.35. The van der Waals surface area contributed by atoms with E-state index in [1.54, 1.807) is 38.5 Å². The third kappa shape index (κ3) is 2.94. The molecular weight excluding hydrogens is 371 g/mol. The zero-order valence-corrected chi connectivity index (χ0v) is 15.3. The fourth-order valence-electron chi connectivity index (χ4n) is 3.46. The van der Waals surface area contributed by atoms with E-state index in [-0.39, 0.29) is 5.69 Å². The summed E-state index contributed by atoms with van der Waals surface area (Å²) in [6.45, 7) is 0.626. The number of ether oxygens (including phenoxy) is 2. The number of anilines is 1. The summed E-state index contributed by atoms with van der Waals surface area (Å²) in [5.74, 6) is 1.75. The Morgan fingerprint density at radius 1 is 1.07 bits per heavy atom. The van der Waals surface area contributed by atoms with Crippen LogP contribution in [0.1, 0.15) is 11.1 Å². The summed E-state index contributed by atoms with van der Waals surface area (Å²) >= 11 is 0. The monoisotopic (exact) mass is 389 g/mol. The number of nitrogens with zero attached hydrogens (tertiary/aromatic N) is 2. The molecule has 0 amide bonds. The van der Waals surface area contributed by atoms with E-state index in [1.807, 2.05) is 0 Å². The molecule has 8 heteroatoms. The van der Waals surface area contributed by atoms with Gasteiger partial charge in [0.05, 0.1) is 25.5 Å². The third-order valence-corrected chi connectivity index (χ3v) is 4.75. The Kier molecular flexibility index (Phi) is 4.41. The number of benzene rings is 2. The Hall–Kier alpha value is -3.16. The summed E-state index contributed by atoms with van der Waals surface area (Å²) in [4.78, 5) is 0. The smallest absolute Gasteiger partial charge is 0.418 e. The van der Waals surface area contributed by atoms with Gasteiger partial charge in [-0.3, -0.25) is 0 Å². The second kappa shape index (κ2) is 6.78. The predicted molar refractivity (Wildman–Crippen MR) is 99.3 cm³/mol. The van der Waals surface area contributed by atoms with Gasteiger partial charge in [-0.05, 0) is 36.8 Å². The molecule has 3 aromatic rings. The van der Waals surface area contributed by atoms with Crippen LogP contribution in [-0.2, 0) is 12.6 Å². The number of halogens is 3. The van der Waals surface area contributed by atoms with Crippen LogP contribution in [0, 0.1) is 0 Å². The summed E-state index contributed by atoms with van der Waals surface area (Å²) < 4.78 is 52.7. The summed E-state index contributed by atoms with van der Waals surface area (Å²) in [5.41, 5.74) is 1.34. The Morgan fingerprint density at radius 2 is 1.86 bits per heavy atom. The molecule has 0 spiro atoms. The quantitative estimate of drug-likeness (QED) is 0.712. The van der Waals surface area contributed by atoms with Crippen molar-refractivity contribution < 1.29 is 22.6 Å². The van der Waals surface area contributed by atoms with Crippen molar-refractivity contribution in [2.45, 2.75) is 12.6 Å². The van der Waals surface area contributed by atoms with E-state index in [9.17, 15) is 13.2 Å². The molecule has 1 aliphatic rings. The van der Waals surface area contributed by atoms with Crippen LogP contribution >= 0.6 is 0 Å². The molecule has 0 unspecified atom stereocenters.